The van der Waals surface area contributed by atoms with Crippen LogP contribution >= 0.6 is 0 Å². The smallest absolute Gasteiger partial charge is 0.363 e. The van der Waals surface area contributed by atoms with Gasteiger partial charge in [0.25, 0.3) is 5.91 Å². The van der Waals surface area contributed by atoms with Gasteiger partial charge in [-0.05, 0) is 60.2 Å². The highest BCUT2D eigenvalue weighted by atomic mass is 32.2. The molecule has 6 atom stereocenters. The first-order valence-corrected chi connectivity index (χ1v) is 18.7. The zero-order chi connectivity index (χ0) is 35.3. The van der Waals surface area contributed by atoms with Gasteiger partial charge >= 0.3 is 6.18 Å². The van der Waals surface area contributed by atoms with Crippen LogP contribution in [0.25, 0.3) is 0 Å². The highest BCUT2D eigenvalue weighted by Gasteiger charge is 2.69. The fourth-order valence-electron chi connectivity index (χ4n) is 9.12. The molecule has 2 amide bonds. The molecule has 4 aliphatic rings. The van der Waals surface area contributed by atoms with E-state index in [1.165, 1.54) is 4.90 Å². The molecule has 0 aromatic heterocycles. The van der Waals surface area contributed by atoms with Gasteiger partial charge in [0.1, 0.15) is 5.78 Å². The average molecular weight is 689 g/mol. The summed E-state index contributed by atoms with van der Waals surface area (Å²) in [4.78, 5) is 67.7. The molecule has 4 rings (SSSR count). The summed E-state index contributed by atoms with van der Waals surface area (Å²) in [6.07, 6.45) is -2.35. The Balaban J connectivity index is 1.57. The Morgan fingerprint density at radius 2 is 1.57 bits per heavy atom. The predicted molar refractivity (Wildman–Crippen MR) is 168 cm³/mol. The number of nitrogens with zero attached hydrogens (tertiary/aromatic N) is 1. The third-order valence-corrected chi connectivity index (χ3v) is 14.3. The minimum absolute atomic E-state index is 0.0460. The van der Waals surface area contributed by atoms with Gasteiger partial charge < -0.3 is 10.6 Å². The Kier molecular flexibility index (Phi) is 10.5. The van der Waals surface area contributed by atoms with E-state index in [2.05, 4.69) is 0 Å². The van der Waals surface area contributed by atoms with E-state index in [4.69, 9.17) is 5.73 Å². The van der Waals surface area contributed by atoms with E-state index in [-0.39, 0.29) is 48.2 Å². The maximum atomic E-state index is 14.4. The number of sulfone groups is 1. The number of alkyl halides is 3. The van der Waals surface area contributed by atoms with Crippen LogP contribution in [-0.2, 0) is 33.8 Å². The molecule has 2 saturated carbocycles. The van der Waals surface area contributed by atoms with Crippen LogP contribution in [0.3, 0.4) is 0 Å². The number of hydrogen-bond donors (Lipinski definition) is 1. The summed E-state index contributed by atoms with van der Waals surface area (Å²) in [5, 5.41) is -0.564. The number of halogens is 3. The minimum atomic E-state index is -4.61. The summed E-state index contributed by atoms with van der Waals surface area (Å²) in [6, 6.07) is -1.01. The van der Waals surface area contributed by atoms with Crippen molar-refractivity contribution >= 4 is 39.0 Å². The van der Waals surface area contributed by atoms with Crippen molar-refractivity contribution < 1.29 is 45.6 Å². The molecule has 9 nitrogen and oxygen atoms in total. The van der Waals surface area contributed by atoms with Crippen LogP contribution in [0.4, 0.5) is 13.2 Å². The van der Waals surface area contributed by atoms with E-state index < -0.39 is 92.6 Å². The topological polar surface area (TPSA) is 149 Å². The number of nitrogens with two attached hydrogens (primary N) is 1. The quantitative estimate of drug-likeness (QED) is 0.268. The monoisotopic (exact) mass is 688 g/mol. The highest BCUT2D eigenvalue weighted by molar-refractivity contribution is 7.92. The molecular weight excluding hydrogens is 637 g/mol. The van der Waals surface area contributed by atoms with Gasteiger partial charge in [-0.2, -0.15) is 13.2 Å². The summed E-state index contributed by atoms with van der Waals surface area (Å²) in [6.45, 7) is 9.62. The summed E-state index contributed by atoms with van der Waals surface area (Å²) in [5.41, 5.74) is 3.44. The zero-order valence-corrected chi connectivity index (χ0v) is 29.1. The Hall–Kier alpha value is -2.31. The van der Waals surface area contributed by atoms with Crippen molar-refractivity contribution in [1.29, 1.82) is 0 Å². The SMILES string of the molecule is CC(C)(C)[C@H](CC(=O)CC1(C2CCCS2(=O)=O)CCCCC1)C(=O)N1CC2[C@@H]([C@H]1C(=O)CC(CCC(F)(F)F)C(=O)C(N)=O)C2(C)C. The molecule has 0 aromatic rings. The normalized spacial score (nSPS) is 29.1. The van der Waals surface area contributed by atoms with Gasteiger partial charge in [-0.3, -0.25) is 24.0 Å². The van der Waals surface area contributed by atoms with Gasteiger partial charge in [-0.25, -0.2) is 8.42 Å². The van der Waals surface area contributed by atoms with Gasteiger partial charge in [-0.1, -0.05) is 53.9 Å². The van der Waals surface area contributed by atoms with E-state index in [9.17, 15) is 45.6 Å². The average Bonchev–Trinajstić information content (AvgIpc) is 3.27. The van der Waals surface area contributed by atoms with Crippen molar-refractivity contribution in [2.45, 2.75) is 129 Å². The molecule has 4 fully saturated rings. The number of rotatable bonds is 13. The van der Waals surface area contributed by atoms with E-state index in [1.54, 1.807) is 0 Å². The van der Waals surface area contributed by atoms with Gasteiger partial charge in [0.05, 0.1) is 17.0 Å². The van der Waals surface area contributed by atoms with Crippen molar-refractivity contribution in [2.24, 2.45) is 45.7 Å². The molecule has 2 N–H and O–H groups in total. The number of amides is 2. The summed E-state index contributed by atoms with van der Waals surface area (Å²) in [7, 11) is -3.32. The minimum Gasteiger partial charge on any atom is -0.363 e. The summed E-state index contributed by atoms with van der Waals surface area (Å²) >= 11 is 0. The van der Waals surface area contributed by atoms with Gasteiger partial charge in [0.15, 0.2) is 15.6 Å². The van der Waals surface area contributed by atoms with Crippen molar-refractivity contribution in [3.63, 3.8) is 0 Å². The number of primary amides is 1. The Bertz CT molecular complexity index is 1380. The lowest BCUT2D eigenvalue weighted by Crippen LogP contribution is -2.51. The van der Waals surface area contributed by atoms with E-state index >= 15 is 0 Å². The molecule has 47 heavy (non-hydrogen) atoms. The fourth-order valence-corrected chi connectivity index (χ4v) is 11.6. The first kappa shape index (κ1) is 37.5. The molecule has 0 bridgehead atoms. The van der Waals surface area contributed by atoms with E-state index in [1.807, 2.05) is 34.6 Å². The second-order valence-electron chi connectivity index (χ2n) is 16.4. The van der Waals surface area contributed by atoms with Crippen molar-refractivity contribution in [1.82, 2.24) is 4.90 Å². The predicted octanol–water partition coefficient (Wildman–Crippen LogP) is 4.98. The Morgan fingerprint density at radius 3 is 2.09 bits per heavy atom. The standard InChI is InChI=1S/C34H51F3N2O7S/c1-31(2,3)22(17-21(40)18-33(12-7-6-8-13-33)25-10-9-15-47(25,45)46)30(44)39-19-23-26(32(23,4)5)27(39)24(41)16-20(28(42)29(38)43)11-14-34(35,36)37/h20,22-23,25-27H,6-19H2,1-5H3,(H2,38,43)/t20?,22-,23?,25?,26+,27-/m1/s1. The van der Waals surface area contributed by atoms with Crippen LogP contribution in [0, 0.1) is 39.9 Å². The number of carbonyl (C=O) groups excluding carboxylic acids is 5. The van der Waals surface area contributed by atoms with Crippen LogP contribution in [0.15, 0.2) is 0 Å². The lowest BCUT2D eigenvalue weighted by Gasteiger charge is -2.42. The molecule has 3 unspecified atom stereocenters. The van der Waals surface area contributed by atoms with Crippen LogP contribution in [0.2, 0.25) is 0 Å². The molecule has 0 spiro atoms. The lowest BCUT2D eigenvalue weighted by atomic mass is 9.66. The number of fused-ring (bicyclic) bond motifs is 1. The van der Waals surface area contributed by atoms with Gasteiger partial charge in [0, 0.05) is 44.1 Å². The van der Waals surface area contributed by atoms with Crippen LogP contribution in [0.5, 0.6) is 0 Å². The molecule has 0 radical (unpaired) electrons. The highest BCUT2D eigenvalue weighted by Crippen LogP contribution is 2.65. The molecule has 2 aliphatic heterocycles. The van der Waals surface area contributed by atoms with Crippen molar-refractivity contribution in [3.8, 4) is 0 Å². The van der Waals surface area contributed by atoms with Crippen LogP contribution in [0.1, 0.15) is 112 Å². The van der Waals surface area contributed by atoms with Crippen molar-refractivity contribution in [2.75, 3.05) is 12.3 Å². The molecule has 0 aromatic carbocycles. The number of hydrogen-bond acceptors (Lipinski definition) is 7. The van der Waals surface area contributed by atoms with Crippen molar-refractivity contribution in [3.05, 3.63) is 0 Å². The maximum Gasteiger partial charge on any atom is 0.389 e. The maximum absolute atomic E-state index is 14.4. The van der Waals surface area contributed by atoms with Crippen LogP contribution < -0.4 is 5.73 Å². The number of likely N-dealkylation sites (tertiary alicyclic amines) is 1. The third-order valence-electron chi connectivity index (χ3n) is 11.8. The number of Topliss-reactive ketones (excluding diaryl/α,β-unsaturated/α-hetero) is 3. The molecule has 266 valence electrons. The molecule has 2 aliphatic carbocycles. The van der Waals surface area contributed by atoms with Crippen LogP contribution in [-0.4, -0.2) is 72.2 Å². The Labute approximate surface area is 276 Å². The molecule has 2 heterocycles. The zero-order valence-electron chi connectivity index (χ0n) is 28.3. The third kappa shape index (κ3) is 7.96. The second-order valence-corrected chi connectivity index (χ2v) is 18.7. The number of ketones is 3. The van der Waals surface area contributed by atoms with E-state index in [0.717, 1.165) is 19.3 Å². The molecule has 13 heteroatoms. The van der Waals surface area contributed by atoms with E-state index in [0.29, 0.717) is 25.7 Å². The first-order valence-electron chi connectivity index (χ1n) is 17.0. The molecular formula is C34H51F3N2O7S. The summed E-state index contributed by atoms with van der Waals surface area (Å²) in [5.74, 6) is -6.44. The lowest BCUT2D eigenvalue weighted by molar-refractivity contribution is -0.150. The fraction of sp³-hybridized carbons (Fsp3) is 0.853. The largest absolute Gasteiger partial charge is 0.389 e. The Morgan fingerprint density at radius 1 is 0.957 bits per heavy atom. The van der Waals surface area contributed by atoms with Gasteiger partial charge in [0.2, 0.25) is 11.7 Å². The summed E-state index contributed by atoms with van der Waals surface area (Å²) < 4.78 is 65.2. The second kappa shape index (κ2) is 13.2. The van der Waals surface area contributed by atoms with Gasteiger partial charge in [-0.15, -0.1) is 0 Å². The first-order chi connectivity index (χ1) is 21.5. The number of piperidine rings is 1. The number of carbonyl (C=O) groups is 5. The molecule has 2 saturated heterocycles.